The van der Waals surface area contributed by atoms with Gasteiger partial charge in [0, 0.05) is 10.2 Å². The summed E-state index contributed by atoms with van der Waals surface area (Å²) in [6.07, 6.45) is 1.47. The van der Waals surface area contributed by atoms with Crippen molar-refractivity contribution in [1.29, 1.82) is 0 Å². The topological polar surface area (TPSA) is 85.3 Å². The van der Waals surface area contributed by atoms with Gasteiger partial charge in [-0.25, -0.2) is 8.42 Å². The first kappa shape index (κ1) is 18.5. The zero-order valence-corrected chi connectivity index (χ0v) is 17.1. The standard InChI is InChI=1S/C20H15BrN2O4S/c1-13-4-8-15(9-5-13)22-19-20(23-18(27-19)17-3-2-12-26-17)28(24,25)16-10-6-14(21)7-11-16/h2-12,22H,1H3. The molecule has 4 rings (SSSR count). The van der Waals surface area contributed by atoms with Gasteiger partial charge in [0.15, 0.2) is 5.76 Å². The molecular formula is C20H15BrN2O4S. The van der Waals surface area contributed by atoms with E-state index in [0.717, 1.165) is 10.0 Å². The molecule has 0 spiro atoms. The molecule has 0 fully saturated rings. The summed E-state index contributed by atoms with van der Waals surface area (Å²) in [4.78, 5) is 4.33. The Labute approximate surface area is 170 Å². The lowest BCUT2D eigenvalue weighted by atomic mass is 10.2. The van der Waals surface area contributed by atoms with Crippen LogP contribution in [0.15, 0.2) is 90.2 Å². The van der Waals surface area contributed by atoms with E-state index in [1.165, 1.54) is 18.4 Å². The number of oxazole rings is 1. The number of halogens is 1. The highest BCUT2D eigenvalue weighted by atomic mass is 79.9. The number of furan rings is 1. The van der Waals surface area contributed by atoms with Crippen molar-refractivity contribution in [2.75, 3.05) is 5.32 Å². The predicted octanol–water partition coefficient (Wildman–Crippen LogP) is 5.58. The summed E-state index contributed by atoms with van der Waals surface area (Å²) >= 11 is 3.31. The molecule has 2 aromatic heterocycles. The number of hydrogen-bond donors (Lipinski definition) is 1. The summed E-state index contributed by atoms with van der Waals surface area (Å²) in [6, 6.07) is 17.2. The van der Waals surface area contributed by atoms with Gasteiger partial charge < -0.3 is 14.2 Å². The molecular weight excluding hydrogens is 444 g/mol. The fourth-order valence-corrected chi connectivity index (χ4v) is 4.09. The maximum atomic E-state index is 13.2. The Morgan fingerprint density at radius 3 is 2.36 bits per heavy atom. The maximum absolute atomic E-state index is 13.2. The molecule has 6 nitrogen and oxygen atoms in total. The van der Waals surface area contributed by atoms with Gasteiger partial charge in [0.1, 0.15) is 0 Å². The van der Waals surface area contributed by atoms with E-state index in [1.807, 2.05) is 31.2 Å². The van der Waals surface area contributed by atoms with E-state index in [1.54, 1.807) is 24.3 Å². The fraction of sp³-hybridized carbons (Fsp3) is 0.0500. The molecule has 0 unspecified atom stereocenters. The summed E-state index contributed by atoms with van der Waals surface area (Å²) in [6.45, 7) is 1.97. The molecule has 0 atom stereocenters. The molecule has 8 heteroatoms. The van der Waals surface area contributed by atoms with E-state index in [4.69, 9.17) is 8.83 Å². The van der Waals surface area contributed by atoms with Crippen LogP contribution in [0.2, 0.25) is 0 Å². The number of benzene rings is 2. The van der Waals surface area contributed by atoms with Crippen LogP contribution in [0.5, 0.6) is 0 Å². The molecule has 0 amide bonds. The molecule has 142 valence electrons. The van der Waals surface area contributed by atoms with Crippen molar-refractivity contribution in [3.8, 4) is 11.7 Å². The molecule has 0 aliphatic heterocycles. The first-order valence-electron chi connectivity index (χ1n) is 8.32. The van der Waals surface area contributed by atoms with E-state index in [9.17, 15) is 8.42 Å². The molecule has 0 bridgehead atoms. The van der Waals surface area contributed by atoms with Gasteiger partial charge >= 0.3 is 0 Å². The van der Waals surface area contributed by atoms with Crippen LogP contribution < -0.4 is 5.32 Å². The zero-order chi connectivity index (χ0) is 19.7. The Balaban J connectivity index is 1.82. The summed E-state index contributed by atoms with van der Waals surface area (Å²) in [7, 11) is -3.91. The number of nitrogens with zero attached hydrogens (tertiary/aromatic N) is 1. The molecule has 0 radical (unpaired) electrons. The van der Waals surface area contributed by atoms with Gasteiger partial charge in [0.05, 0.1) is 11.2 Å². The van der Waals surface area contributed by atoms with Crippen molar-refractivity contribution in [3.63, 3.8) is 0 Å². The van der Waals surface area contributed by atoms with Crippen molar-refractivity contribution in [2.45, 2.75) is 16.8 Å². The number of anilines is 2. The molecule has 0 saturated carbocycles. The highest BCUT2D eigenvalue weighted by Gasteiger charge is 2.29. The van der Waals surface area contributed by atoms with Crippen molar-refractivity contribution in [3.05, 3.63) is 77.0 Å². The fourth-order valence-electron chi connectivity index (χ4n) is 2.57. The Morgan fingerprint density at radius 1 is 1.00 bits per heavy atom. The van der Waals surface area contributed by atoms with Gasteiger partial charge in [-0.15, -0.1) is 0 Å². The quantitative estimate of drug-likeness (QED) is 0.419. The molecule has 1 N–H and O–H groups in total. The van der Waals surface area contributed by atoms with Gasteiger partial charge in [-0.2, -0.15) is 4.98 Å². The number of rotatable bonds is 5. The molecule has 0 aliphatic carbocycles. The van der Waals surface area contributed by atoms with Crippen LogP contribution in [0, 0.1) is 6.92 Å². The summed E-state index contributed by atoms with van der Waals surface area (Å²) in [5.74, 6) is 0.442. The smallest absolute Gasteiger partial charge is 0.266 e. The second-order valence-electron chi connectivity index (χ2n) is 6.08. The van der Waals surface area contributed by atoms with E-state index in [-0.39, 0.29) is 21.7 Å². The third-order valence-corrected chi connectivity index (χ3v) is 6.22. The third-order valence-electron chi connectivity index (χ3n) is 4.02. The summed E-state index contributed by atoms with van der Waals surface area (Å²) in [5, 5.41) is 2.80. The van der Waals surface area contributed by atoms with Crippen LogP contribution >= 0.6 is 15.9 Å². The van der Waals surface area contributed by atoms with E-state index in [2.05, 4.69) is 26.2 Å². The number of sulfone groups is 1. The number of nitrogens with one attached hydrogen (secondary N) is 1. The summed E-state index contributed by atoms with van der Waals surface area (Å²) in [5.41, 5.74) is 1.77. The van der Waals surface area contributed by atoms with Crippen molar-refractivity contribution in [1.82, 2.24) is 4.98 Å². The van der Waals surface area contributed by atoms with Crippen LogP contribution in [0.4, 0.5) is 11.6 Å². The Hall–Kier alpha value is -2.84. The van der Waals surface area contributed by atoms with Gasteiger partial charge in [-0.1, -0.05) is 33.6 Å². The van der Waals surface area contributed by atoms with E-state index >= 15 is 0 Å². The van der Waals surface area contributed by atoms with Gasteiger partial charge in [0.25, 0.3) is 5.89 Å². The Morgan fingerprint density at radius 2 is 1.71 bits per heavy atom. The van der Waals surface area contributed by atoms with Gasteiger partial charge in [-0.3, -0.25) is 0 Å². The lowest BCUT2D eigenvalue weighted by Crippen LogP contribution is -2.05. The van der Waals surface area contributed by atoms with Crippen LogP contribution in [0.25, 0.3) is 11.7 Å². The number of aryl methyl sites for hydroxylation is 1. The normalized spacial score (nSPS) is 11.5. The first-order valence-corrected chi connectivity index (χ1v) is 10.6. The highest BCUT2D eigenvalue weighted by Crippen LogP contribution is 2.34. The number of hydrogen-bond acceptors (Lipinski definition) is 6. The average Bonchev–Trinajstić information content (AvgIpc) is 3.34. The molecule has 2 heterocycles. The van der Waals surface area contributed by atoms with Gasteiger partial charge in [-0.05, 0) is 55.5 Å². The minimum atomic E-state index is -3.91. The van der Waals surface area contributed by atoms with E-state index in [0.29, 0.717) is 11.4 Å². The molecule has 28 heavy (non-hydrogen) atoms. The predicted molar refractivity (Wildman–Crippen MR) is 108 cm³/mol. The Kier molecular flexibility index (Phi) is 4.82. The van der Waals surface area contributed by atoms with Crippen molar-refractivity contribution in [2.24, 2.45) is 0 Å². The van der Waals surface area contributed by atoms with Crippen molar-refractivity contribution < 1.29 is 17.3 Å². The maximum Gasteiger partial charge on any atom is 0.266 e. The van der Waals surface area contributed by atoms with Crippen LogP contribution in [-0.4, -0.2) is 13.4 Å². The monoisotopic (exact) mass is 458 g/mol. The SMILES string of the molecule is Cc1ccc(Nc2oc(-c3ccco3)nc2S(=O)(=O)c2ccc(Br)cc2)cc1. The minimum absolute atomic E-state index is 0.0261. The minimum Gasteiger partial charge on any atom is -0.459 e. The number of aromatic nitrogens is 1. The van der Waals surface area contributed by atoms with Gasteiger partial charge in [0.2, 0.25) is 20.7 Å². The second-order valence-corrected chi connectivity index (χ2v) is 8.86. The van der Waals surface area contributed by atoms with E-state index < -0.39 is 9.84 Å². The first-order chi connectivity index (χ1) is 13.4. The molecule has 0 saturated heterocycles. The summed E-state index contributed by atoms with van der Waals surface area (Å²) < 4.78 is 38.2. The zero-order valence-electron chi connectivity index (χ0n) is 14.7. The van der Waals surface area contributed by atoms with Crippen LogP contribution in [0.1, 0.15) is 5.56 Å². The highest BCUT2D eigenvalue weighted by molar-refractivity contribution is 9.10. The van der Waals surface area contributed by atoms with Crippen LogP contribution in [0.3, 0.4) is 0 Å². The second kappa shape index (κ2) is 7.29. The van der Waals surface area contributed by atoms with Crippen LogP contribution in [-0.2, 0) is 9.84 Å². The Bertz CT molecular complexity index is 1200. The average molecular weight is 459 g/mol. The molecule has 2 aromatic carbocycles. The molecule has 0 aliphatic rings. The lowest BCUT2D eigenvalue weighted by molar-refractivity contribution is 0.524. The third kappa shape index (κ3) is 3.61. The van der Waals surface area contributed by atoms with Crippen molar-refractivity contribution >= 4 is 37.3 Å². The molecule has 4 aromatic rings. The largest absolute Gasteiger partial charge is 0.459 e. The lowest BCUT2D eigenvalue weighted by Gasteiger charge is -2.06.